The first-order valence-electron chi connectivity index (χ1n) is 8.13. The van der Waals surface area contributed by atoms with E-state index >= 15 is 0 Å². The quantitative estimate of drug-likeness (QED) is 0.437. The van der Waals surface area contributed by atoms with Crippen molar-refractivity contribution in [1.82, 2.24) is 15.5 Å². The van der Waals surface area contributed by atoms with E-state index in [1.54, 1.807) is 6.26 Å². The molecule has 1 aromatic heterocycles. The number of likely N-dealkylation sites (tertiary alicyclic amines) is 1. The van der Waals surface area contributed by atoms with Crippen LogP contribution >= 0.6 is 11.8 Å². The van der Waals surface area contributed by atoms with E-state index in [2.05, 4.69) is 34.8 Å². The summed E-state index contributed by atoms with van der Waals surface area (Å²) < 4.78 is 5.64. The molecule has 1 fully saturated rings. The molecule has 0 bridgehead atoms. The van der Waals surface area contributed by atoms with Gasteiger partial charge in [0.25, 0.3) is 0 Å². The molecule has 1 unspecified atom stereocenters. The molecular formula is C16H28N4OS. The molecule has 1 aliphatic heterocycles. The molecule has 0 radical (unpaired) electrons. The van der Waals surface area contributed by atoms with E-state index in [1.807, 2.05) is 17.8 Å². The number of guanidine groups is 1. The van der Waals surface area contributed by atoms with E-state index in [0.29, 0.717) is 0 Å². The molecule has 2 rings (SSSR count). The van der Waals surface area contributed by atoms with Crippen molar-refractivity contribution >= 4 is 17.7 Å². The zero-order chi connectivity index (χ0) is 15.6. The zero-order valence-corrected chi connectivity index (χ0v) is 14.5. The molecule has 1 aromatic rings. The standard InChI is InChI=1S/C16H28N4OS/c1-3-17-16(18-8-12-22-2)19-13-14(15-7-6-11-21-15)20-9-4-5-10-20/h6-7,11,14H,3-5,8-10,12-13H2,1-2H3,(H2,17,18,19). The Kier molecular flexibility index (Phi) is 7.66. The average Bonchev–Trinajstić information content (AvgIpc) is 3.21. The predicted octanol–water partition coefficient (Wildman–Crippen LogP) is 2.33. The maximum atomic E-state index is 5.64. The molecule has 0 spiro atoms. The predicted molar refractivity (Wildman–Crippen MR) is 94.6 cm³/mol. The fourth-order valence-corrected chi connectivity index (χ4v) is 3.02. The van der Waals surface area contributed by atoms with Crippen LogP contribution in [0.2, 0.25) is 0 Å². The minimum absolute atomic E-state index is 0.244. The lowest BCUT2D eigenvalue weighted by Crippen LogP contribution is -2.39. The van der Waals surface area contributed by atoms with Gasteiger partial charge in [-0.05, 0) is 51.2 Å². The highest BCUT2D eigenvalue weighted by atomic mass is 32.2. The summed E-state index contributed by atoms with van der Waals surface area (Å²) in [5.41, 5.74) is 0. The Morgan fingerprint density at radius 3 is 2.86 bits per heavy atom. The van der Waals surface area contributed by atoms with Crippen LogP contribution in [0.5, 0.6) is 0 Å². The summed E-state index contributed by atoms with van der Waals surface area (Å²) in [5.74, 6) is 3.00. The summed E-state index contributed by atoms with van der Waals surface area (Å²) in [6, 6.07) is 4.27. The van der Waals surface area contributed by atoms with Crippen LogP contribution in [0.25, 0.3) is 0 Å². The SMILES string of the molecule is CCNC(=NCC(c1ccco1)N1CCCC1)NCCSC. The van der Waals surface area contributed by atoms with Crippen LogP contribution in [0.15, 0.2) is 27.8 Å². The largest absolute Gasteiger partial charge is 0.468 e. The Bertz CT molecular complexity index is 429. The van der Waals surface area contributed by atoms with E-state index < -0.39 is 0 Å². The minimum atomic E-state index is 0.244. The normalized spacial score (nSPS) is 17.6. The maximum absolute atomic E-state index is 5.64. The fraction of sp³-hybridized carbons (Fsp3) is 0.688. The first kappa shape index (κ1) is 17.2. The smallest absolute Gasteiger partial charge is 0.191 e. The Morgan fingerprint density at radius 1 is 1.41 bits per heavy atom. The number of nitrogens with zero attached hydrogens (tertiary/aromatic N) is 2. The summed E-state index contributed by atoms with van der Waals surface area (Å²) in [6.45, 7) is 6.90. The van der Waals surface area contributed by atoms with E-state index in [1.165, 1.54) is 12.8 Å². The van der Waals surface area contributed by atoms with Gasteiger partial charge in [-0.1, -0.05) is 0 Å². The molecule has 5 nitrogen and oxygen atoms in total. The lowest BCUT2D eigenvalue weighted by Gasteiger charge is -2.24. The molecule has 0 aliphatic carbocycles. The molecule has 2 N–H and O–H groups in total. The van der Waals surface area contributed by atoms with Crippen LogP contribution in [0, 0.1) is 0 Å². The monoisotopic (exact) mass is 324 g/mol. The van der Waals surface area contributed by atoms with Gasteiger partial charge in [-0.25, -0.2) is 0 Å². The highest BCUT2D eigenvalue weighted by Crippen LogP contribution is 2.25. The van der Waals surface area contributed by atoms with Crippen LogP contribution in [-0.2, 0) is 0 Å². The van der Waals surface area contributed by atoms with Crippen molar-refractivity contribution in [3.63, 3.8) is 0 Å². The van der Waals surface area contributed by atoms with Gasteiger partial charge in [0.05, 0.1) is 18.8 Å². The molecule has 6 heteroatoms. The first-order valence-corrected chi connectivity index (χ1v) is 9.53. The van der Waals surface area contributed by atoms with Crippen molar-refractivity contribution in [3.05, 3.63) is 24.2 Å². The molecule has 2 heterocycles. The second kappa shape index (κ2) is 9.79. The Balaban J connectivity index is 1.99. The van der Waals surface area contributed by atoms with E-state index in [-0.39, 0.29) is 6.04 Å². The van der Waals surface area contributed by atoms with Crippen LogP contribution in [0.4, 0.5) is 0 Å². The number of furan rings is 1. The third-order valence-electron chi connectivity index (χ3n) is 3.82. The van der Waals surface area contributed by atoms with E-state index in [0.717, 1.165) is 50.2 Å². The third-order valence-corrected chi connectivity index (χ3v) is 4.43. The summed E-state index contributed by atoms with van der Waals surface area (Å²) in [4.78, 5) is 7.25. The van der Waals surface area contributed by atoms with Crippen LogP contribution in [0.1, 0.15) is 31.6 Å². The van der Waals surface area contributed by atoms with E-state index in [4.69, 9.17) is 9.41 Å². The topological polar surface area (TPSA) is 52.8 Å². The lowest BCUT2D eigenvalue weighted by atomic mass is 10.2. The van der Waals surface area contributed by atoms with Gasteiger partial charge in [-0.15, -0.1) is 0 Å². The number of aliphatic imine (C=N–C) groups is 1. The van der Waals surface area contributed by atoms with Crippen LogP contribution < -0.4 is 10.6 Å². The van der Waals surface area contributed by atoms with Gasteiger partial charge in [0, 0.05) is 18.8 Å². The molecule has 1 aliphatic rings. The van der Waals surface area contributed by atoms with E-state index in [9.17, 15) is 0 Å². The summed E-state index contributed by atoms with van der Waals surface area (Å²) in [7, 11) is 0. The minimum Gasteiger partial charge on any atom is -0.468 e. The van der Waals surface area contributed by atoms with Crippen molar-refractivity contribution in [3.8, 4) is 0 Å². The van der Waals surface area contributed by atoms with Gasteiger partial charge in [0.2, 0.25) is 0 Å². The Hall–Kier alpha value is -1.14. The van der Waals surface area contributed by atoms with Crippen molar-refractivity contribution in [1.29, 1.82) is 0 Å². The summed E-state index contributed by atoms with van der Waals surface area (Å²) in [5, 5.41) is 6.69. The van der Waals surface area contributed by atoms with Gasteiger partial charge >= 0.3 is 0 Å². The molecule has 1 saturated heterocycles. The molecule has 22 heavy (non-hydrogen) atoms. The Morgan fingerprint density at radius 2 is 2.23 bits per heavy atom. The number of rotatable bonds is 8. The second-order valence-electron chi connectivity index (χ2n) is 5.41. The van der Waals surface area contributed by atoms with Crippen LogP contribution in [0.3, 0.4) is 0 Å². The van der Waals surface area contributed by atoms with Crippen molar-refractivity contribution < 1.29 is 4.42 Å². The zero-order valence-electron chi connectivity index (χ0n) is 13.7. The number of thioether (sulfide) groups is 1. The van der Waals surface area contributed by atoms with Gasteiger partial charge in [0.1, 0.15) is 5.76 Å². The fourth-order valence-electron chi connectivity index (χ4n) is 2.71. The molecule has 0 aromatic carbocycles. The Labute approximate surface area is 137 Å². The average molecular weight is 324 g/mol. The summed E-state index contributed by atoms with van der Waals surface area (Å²) >= 11 is 1.84. The molecule has 1 atom stereocenters. The maximum Gasteiger partial charge on any atom is 0.191 e. The van der Waals surface area contributed by atoms with Gasteiger partial charge in [0.15, 0.2) is 5.96 Å². The highest BCUT2D eigenvalue weighted by Gasteiger charge is 2.25. The van der Waals surface area contributed by atoms with Gasteiger partial charge in [-0.3, -0.25) is 9.89 Å². The third kappa shape index (κ3) is 5.25. The van der Waals surface area contributed by atoms with Gasteiger partial charge in [-0.2, -0.15) is 11.8 Å². The van der Waals surface area contributed by atoms with Crippen molar-refractivity contribution in [2.75, 3.05) is 44.7 Å². The number of hydrogen-bond acceptors (Lipinski definition) is 4. The van der Waals surface area contributed by atoms with Crippen LogP contribution in [-0.4, -0.2) is 55.6 Å². The lowest BCUT2D eigenvalue weighted by molar-refractivity contribution is 0.221. The van der Waals surface area contributed by atoms with Crippen molar-refractivity contribution in [2.24, 2.45) is 4.99 Å². The number of hydrogen-bond donors (Lipinski definition) is 2. The second-order valence-corrected chi connectivity index (χ2v) is 6.40. The number of nitrogens with one attached hydrogen (secondary N) is 2. The van der Waals surface area contributed by atoms with Gasteiger partial charge < -0.3 is 15.1 Å². The molecule has 0 amide bonds. The molecule has 124 valence electrons. The molecule has 0 saturated carbocycles. The van der Waals surface area contributed by atoms with Crippen molar-refractivity contribution in [2.45, 2.75) is 25.8 Å². The molecular weight excluding hydrogens is 296 g/mol. The highest BCUT2D eigenvalue weighted by molar-refractivity contribution is 7.98. The summed E-state index contributed by atoms with van der Waals surface area (Å²) in [6.07, 6.45) is 6.41. The first-order chi connectivity index (χ1) is 10.8.